The third kappa shape index (κ3) is 3.61. The van der Waals surface area contributed by atoms with E-state index in [2.05, 4.69) is 12.2 Å². The third-order valence-electron chi connectivity index (χ3n) is 4.60. The van der Waals surface area contributed by atoms with E-state index in [0.717, 1.165) is 12.5 Å². The molecule has 2 rings (SSSR count). The average Bonchev–Trinajstić information content (AvgIpc) is 2.34. The summed E-state index contributed by atoms with van der Waals surface area (Å²) in [4.78, 5) is 24.0. The number of likely N-dealkylation sites (tertiary alicyclic amines) is 1. The Kier molecular flexibility index (Phi) is 4.66. The molecule has 2 N–H and O–H groups in total. The number of amides is 2. The molecule has 1 saturated carbocycles. The van der Waals surface area contributed by atoms with Crippen LogP contribution in [0.25, 0.3) is 0 Å². The van der Waals surface area contributed by atoms with Crippen LogP contribution in [0, 0.1) is 17.8 Å². The van der Waals surface area contributed by atoms with Crippen LogP contribution in [0.1, 0.15) is 39.0 Å². The summed E-state index contributed by atoms with van der Waals surface area (Å²) in [5.74, 6) is 0.301. The minimum atomic E-state index is -0.804. The molecule has 19 heavy (non-hydrogen) atoms. The van der Waals surface area contributed by atoms with Gasteiger partial charge in [0.25, 0.3) is 0 Å². The molecule has 0 bridgehead atoms. The van der Waals surface area contributed by atoms with Crippen LogP contribution in [0.2, 0.25) is 0 Å². The van der Waals surface area contributed by atoms with Crippen molar-refractivity contribution < 1.29 is 14.7 Å². The lowest BCUT2D eigenvalue weighted by Crippen LogP contribution is -2.56. The van der Waals surface area contributed by atoms with Crippen molar-refractivity contribution in [2.24, 2.45) is 17.8 Å². The van der Waals surface area contributed by atoms with E-state index in [4.69, 9.17) is 5.11 Å². The van der Waals surface area contributed by atoms with Gasteiger partial charge in [0.05, 0.1) is 5.92 Å². The third-order valence-corrected chi connectivity index (χ3v) is 4.60. The van der Waals surface area contributed by atoms with Gasteiger partial charge >= 0.3 is 12.0 Å². The lowest BCUT2D eigenvalue weighted by atomic mass is 9.81. The van der Waals surface area contributed by atoms with Crippen LogP contribution in [-0.4, -0.2) is 41.6 Å². The highest BCUT2D eigenvalue weighted by molar-refractivity contribution is 5.79. The predicted molar refractivity (Wildman–Crippen MR) is 71.8 cm³/mol. The Labute approximate surface area is 114 Å². The molecule has 0 aromatic heterocycles. The highest BCUT2D eigenvalue weighted by Gasteiger charge is 2.35. The fourth-order valence-corrected chi connectivity index (χ4v) is 2.99. The normalized spacial score (nSPS) is 27.7. The Hall–Kier alpha value is -1.26. The maximum Gasteiger partial charge on any atom is 0.317 e. The van der Waals surface area contributed by atoms with E-state index >= 15 is 0 Å². The molecule has 0 spiro atoms. The van der Waals surface area contributed by atoms with Gasteiger partial charge in [0.15, 0.2) is 0 Å². The second-order valence-electron chi connectivity index (χ2n) is 5.92. The maximum atomic E-state index is 11.8. The van der Waals surface area contributed by atoms with Crippen LogP contribution >= 0.6 is 0 Å². The molecule has 0 unspecified atom stereocenters. The molecule has 0 aromatic carbocycles. The number of carbonyl (C=O) groups is 2. The number of rotatable bonds is 4. The van der Waals surface area contributed by atoms with E-state index in [0.29, 0.717) is 19.0 Å². The number of hydrogen-bond donors (Lipinski definition) is 2. The zero-order valence-corrected chi connectivity index (χ0v) is 11.6. The molecule has 1 saturated heterocycles. The van der Waals surface area contributed by atoms with Crippen molar-refractivity contribution >= 4 is 12.0 Å². The lowest BCUT2D eigenvalue weighted by molar-refractivity contribution is -0.146. The number of nitrogens with one attached hydrogen (secondary N) is 1. The summed E-state index contributed by atoms with van der Waals surface area (Å²) in [6.07, 6.45) is 6.24. The highest BCUT2D eigenvalue weighted by atomic mass is 16.4. The van der Waals surface area contributed by atoms with Gasteiger partial charge in [0.2, 0.25) is 0 Å². The molecule has 2 fully saturated rings. The lowest BCUT2D eigenvalue weighted by Gasteiger charge is -2.37. The van der Waals surface area contributed by atoms with Gasteiger partial charge in [-0.25, -0.2) is 4.79 Å². The van der Waals surface area contributed by atoms with Crippen LogP contribution in [-0.2, 0) is 4.79 Å². The molecule has 0 atom stereocenters. The highest BCUT2D eigenvalue weighted by Crippen LogP contribution is 2.30. The second kappa shape index (κ2) is 6.26. The molecule has 2 aliphatic rings. The Morgan fingerprint density at radius 3 is 2.26 bits per heavy atom. The molecule has 1 aliphatic carbocycles. The quantitative estimate of drug-likeness (QED) is 0.818. The minimum Gasteiger partial charge on any atom is -0.481 e. The molecule has 1 aliphatic heterocycles. The van der Waals surface area contributed by atoms with E-state index in [9.17, 15) is 9.59 Å². The molecule has 5 heteroatoms. The van der Waals surface area contributed by atoms with Crippen LogP contribution in [0.15, 0.2) is 0 Å². The van der Waals surface area contributed by atoms with E-state index in [-0.39, 0.29) is 11.9 Å². The second-order valence-corrected chi connectivity index (χ2v) is 5.92. The van der Waals surface area contributed by atoms with E-state index in [1.165, 1.54) is 32.1 Å². The monoisotopic (exact) mass is 268 g/mol. The number of aliphatic carboxylic acids is 1. The van der Waals surface area contributed by atoms with Crippen molar-refractivity contribution in [2.75, 3.05) is 19.6 Å². The number of nitrogens with zero attached hydrogens (tertiary/aromatic N) is 1. The summed E-state index contributed by atoms with van der Waals surface area (Å²) in [5.41, 5.74) is 0. The predicted octanol–water partition coefficient (Wildman–Crippen LogP) is 1.93. The van der Waals surface area contributed by atoms with E-state index in [1.807, 2.05) is 0 Å². The Bertz CT molecular complexity index is 332. The molecule has 1 heterocycles. The summed E-state index contributed by atoms with van der Waals surface area (Å²) in [7, 11) is 0. The number of carbonyl (C=O) groups excluding carboxylic acids is 1. The van der Waals surface area contributed by atoms with E-state index in [1.54, 1.807) is 4.90 Å². The van der Waals surface area contributed by atoms with Crippen molar-refractivity contribution in [3.05, 3.63) is 0 Å². The summed E-state index contributed by atoms with van der Waals surface area (Å²) >= 11 is 0. The van der Waals surface area contributed by atoms with Gasteiger partial charge in [-0.3, -0.25) is 4.79 Å². The molecule has 2 amide bonds. The van der Waals surface area contributed by atoms with Gasteiger partial charge < -0.3 is 15.3 Å². The van der Waals surface area contributed by atoms with Gasteiger partial charge in [-0.05, 0) is 24.7 Å². The molecule has 0 aromatic rings. The zero-order valence-electron chi connectivity index (χ0n) is 11.6. The Balaban J connectivity index is 1.61. The summed E-state index contributed by atoms with van der Waals surface area (Å²) in [6.45, 7) is 3.69. The summed E-state index contributed by atoms with van der Waals surface area (Å²) in [6, 6.07) is -0.102. The zero-order chi connectivity index (χ0) is 13.8. The maximum absolute atomic E-state index is 11.8. The molecular formula is C14H24N2O3. The standard InChI is InChI=1S/C14H24N2O3/c1-2-10-3-5-11(6-4-10)7-15-14(19)16-8-12(9-16)13(17)18/h10-12H,2-9H2,1H3,(H,15,19)(H,17,18). The molecule has 108 valence electrons. The molecule has 0 radical (unpaired) electrons. The first-order chi connectivity index (χ1) is 9.10. The van der Waals surface area contributed by atoms with Crippen LogP contribution in [0.4, 0.5) is 4.79 Å². The van der Waals surface area contributed by atoms with Gasteiger partial charge in [0.1, 0.15) is 0 Å². The minimum absolute atomic E-state index is 0.102. The molecule has 5 nitrogen and oxygen atoms in total. The number of hydrogen-bond acceptors (Lipinski definition) is 2. The van der Waals surface area contributed by atoms with Gasteiger partial charge in [-0.2, -0.15) is 0 Å². The van der Waals surface area contributed by atoms with Crippen molar-refractivity contribution in [2.45, 2.75) is 39.0 Å². The average molecular weight is 268 g/mol. The van der Waals surface area contributed by atoms with Crippen molar-refractivity contribution in [1.29, 1.82) is 0 Å². The smallest absolute Gasteiger partial charge is 0.317 e. The van der Waals surface area contributed by atoms with Crippen molar-refractivity contribution in [3.8, 4) is 0 Å². The fraction of sp³-hybridized carbons (Fsp3) is 0.857. The SMILES string of the molecule is CCC1CCC(CNC(=O)N2CC(C(=O)O)C2)CC1. The van der Waals surface area contributed by atoms with Gasteiger partial charge in [-0.15, -0.1) is 0 Å². The molecular weight excluding hydrogens is 244 g/mol. The van der Waals surface area contributed by atoms with Crippen LogP contribution in [0.3, 0.4) is 0 Å². The first-order valence-electron chi connectivity index (χ1n) is 7.35. The number of urea groups is 1. The Morgan fingerprint density at radius 2 is 1.74 bits per heavy atom. The fourth-order valence-electron chi connectivity index (χ4n) is 2.99. The number of carboxylic acid groups (broad SMARTS) is 1. The van der Waals surface area contributed by atoms with Gasteiger partial charge in [-0.1, -0.05) is 26.2 Å². The summed E-state index contributed by atoms with van der Waals surface area (Å²) < 4.78 is 0. The van der Waals surface area contributed by atoms with Crippen LogP contribution < -0.4 is 5.32 Å². The summed E-state index contributed by atoms with van der Waals surface area (Å²) in [5, 5.41) is 11.7. The van der Waals surface area contributed by atoms with Crippen LogP contribution in [0.5, 0.6) is 0 Å². The first kappa shape index (κ1) is 14.2. The topological polar surface area (TPSA) is 69.6 Å². The van der Waals surface area contributed by atoms with Gasteiger partial charge in [0, 0.05) is 19.6 Å². The van der Waals surface area contributed by atoms with Crippen molar-refractivity contribution in [3.63, 3.8) is 0 Å². The number of carboxylic acids is 1. The Morgan fingerprint density at radius 1 is 1.16 bits per heavy atom. The largest absolute Gasteiger partial charge is 0.481 e. The van der Waals surface area contributed by atoms with E-state index < -0.39 is 5.97 Å². The first-order valence-corrected chi connectivity index (χ1v) is 7.35. The van der Waals surface area contributed by atoms with Crippen molar-refractivity contribution in [1.82, 2.24) is 10.2 Å².